The lowest BCUT2D eigenvalue weighted by molar-refractivity contribution is 0.283. The Balaban J connectivity index is 2.30. The molecule has 0 bridgehead atoms. The maximum atomic E-state index is 8.76. The van der Waals surface area contributed by atoms with E-state index >= 15 is 0 Å². The predicted molar refractivity (Wildman–Crippen MR) is 68.5 cm³/mol. The van der Waals surface area contributed by atoms with Crippen LogP contribution >= 0.6 is 0 Å². The largest absolute Gasteiger partial charge is 0.396 e. The lowest BCUT2D eigenvalue weighted by Gasteiger charge is -2.07. The van der Waals surface area contributed by atoms with Gasteiger partial charge in [-0.05, 0) is 56.0 Å². The third-order valence-corrected chi connectivity index (χ3v) is 2.80. The Labute approximate surface area is 103 Å². The molecule has 0 saturated carbocycles. The van der Waals surface area contributed by atoms with Gasteiger partial charge in [-0.1, -0.05) is 6.07 Å². The molecule has 17 heavy (non-hydrogen) atoms. The molecule has 0 atom stereocenters. The molecule has 0 saturated heterocycles. The fourth-order valence-electron chi connectivity index (χ4n) is 1.73. The summed E-state index contributed by atoms with van der Waals surface area (Å²) in [4.78, 5) is 0. The van der Waals surface area contributed by atoms with E-state index in [1.807, 2.05) is 25.1 Å². The van der Waals surface area contributed by atoms with E-state index < -0.39 is 0 Å². The average Bonchev–Trinajstić information content (AvgIpc) is 2.35. The molecule has 0 fully saturated rings. The van der Waals surface area contributed by atoms with Crippen LogP contribution in [0.15, 0.2) is 18.2 Å². The van der Waals surface area contributed by atoms with Crippen LogP contribution in [0.1, 0.15) is 36.0 Å². The van der Waals surface area contributed by atoms with Crippen molar-refractivity contribution in [3.63, 3.8) is 0 Å². The summed E-state index contributed by atoms with van der Waals surface area (Å²) in [5.41, 5.74) is 3.12. The Morgan fingerprint density at radius 1 is 1.29 bits per heavy atom. The third-order valence-electron chi connectivity index (χ3n) is 2.80. The zero-order chi connectivity index (χ0) is 12.5. The van der Waals surface area contributed by atoms with E-state index in [4.69, 9.17) is 10.4 Å². The Bertz CT molecular complexity index is 382. The summed E-state index contributed by atoms with van der Waals surface area (Å²) in [7, 11) is 0. The maximum Gasteiger partial charge on any atom is 0.0991 e. The summed E-state index contributed by atoms with van der Waals surface area (Å²) >= 11 is 0. The van der Waals surface area contributed by atoms with Crippen LogP contribution in [-0.4, -0.2) is 18.3 Å². The summed E-state index contributed by atoms with van der Waals surface area (Å²) in [6.07, 6.45) is 3.04. The number of aliphatic hydroxyl groups is 1. The molecule has 0 unspecified atom stereocenters. The van der Waals surface area contributed by atoms with Crippen LogP contribution in [0.2, 0.25) is 0 Å². The van der Waals surface area contributed by atoms with Crippen LogP contribution in [0.5, 0.6) is 0 Å². The van der Waals surface area contributed by atoms with Crippen molar-refractivity contribution in [3.05, 3.63) is 34.9 Å². The topological polar surface area (TPSA) is 56.0 Å². The lowest BCUT2D eigenvalue weighted by Crippen LogP contribution is -2.15. The van der Waals surface area contributed by atoms with Gasteiger partial charge in [0.05, 0.1) is 11.6 Å². The quantitative estimate of drug-likeness (QED) is 0.708. The molecule has 0 aliphatic carbocycles. The smallest absolute Gasteiger partial charge is 0.0991 e. The van der Waals surface area contributed by atoms with Gasteiger partial charge >= 0.3 is 0 Å². The van der Waals surface area contributed by atoms with Gasteiger partial charge in [-0.15, -0.1) is 0 Å². The Kier molecular flexibility index (Phi) is 6.31. The number of hydrogen-bond donors (Lipinski definition) is 2. The number of aliphatic hydroxyl groups excluding tert-OH is 1. The minimum atomic E-state index is 0.286. The normalized spacial score (nSPS) is 10.2. The zero-order valence-electron chi connectivity index (χ0n) is 10.4. The summed E-state index contributed by atoms with van der Waals surface area (Å²) in [6.45, 7) is 4.13. The monoisotopic (exact) mass is 232 g/mol. The van der Waals surface area contributed by atoms with Gasteiger partial charge in [0.2, 0.25) is 0 Å². The first-order valence-electron chi connectivity index (χ1n) is 6.09. The standard InChI is InChI=1S/C14H20N2O/c1-12-9-13(10-15)5-6-14(12)11-16-7-3-2-4-8-17/h5-6,9,16-17H,2-4,7-8,11H2,1H3. The first-order chi connectivity index (χ1) is 8.27. The first kappa shape index (κ1) is 13.7. The van der Waals surface area contributed by atoms with Crippen molar-refractivity contribution in [2.24, 2.45) is 0 Å². The minimum absolute atomic E-state index is 0.286. The molecule has 0 spiro atoms. The highest BCUT2D eigenvalue weighted by atomic mass is 16.2. The molecule has 0 radical (unpaired) electrons. The van der Waals surface area contributed by atoms with Crippen LogP contribution in [0.25, 0.3) is 0 Å². The number of aryl methyl sites for hydroxylation is 1. The second-order valence-electron chi connectivity index (χ2n) is 4.21. The summed E-state index contributed by atoms with van der Waals surface area (Å²) < 4.78 is 0. The second-order valence-corrected chi connectivity index (χ2v) is 4.21. The molecule has 0 heterocycles. The van der Waals surface area contributed by atoms with Crippen LogP contribution in [0.3, 0.4) is 0 Å². The van der Waals surface area contributed by atoms with E-state index in [2.05, 4.69) is 11.4 Å². The van der Waals surface area contributed by atoms with E-state index in [0.717, 1.165) is 37.9 Å². The molecule has 0 amide bonds. The summed E-state index contributed by atoms with van der Waals surface area (Å²) in [5, 5.41) is 20.8. The first-order valence-corrected chi connectivity index (χ1v) is 6.09. The van der Waals surface area contributed by atoms with Crippen molar-refractivity contribution in [2.75, 3.05) is 13.2 Å². The van der Waals surface area contributed by atoms with E-state index in [1.54, 1.807) is 0 Å². The number of benzene rings is 1. The van der Waals surface area contributed by atoms with E-state index in [1.165, 1.54) is 5.56 Å². The molecular formula is C14H20N2O. The van der Waals surface area contributed by atoms with Crippen LogP contribution in [-0.2, 0) is 6.54 Å². The van der Waals surface area contributed by atoms with Gasteiger partial charge in [-0.2, -0.15) is 5.26 Å². The number of nitrogens with one attached hydrogen (secondary N) is 1. The molecule has 1 rings (SSSR count). The van der Waals surface area contributed by atoms with Crippen molar-refractivity contribution >= 4 is 0 Å². The molecule has 0 aliphatic rings. The van der Waals surface area contributed by atoms with Crippen LogP contribution in [0, 0.1) is 18.3 Å². The SMILES string of the molecule is Cc1cc(C#N)ccc1CNCCCCCO. The molecule has 0 aliphatic heterocycles. The number of nitrogens with zero attached hydrogens (tertiary/aromatic N) is 1. The number of nitriles is 1. The maximum absolute atomic E-state index is 8.76. The van der Waals surface area contributed by atoms with Crippen molar-refractivity contribution in [3.8, 4) is 6.07 Å². The lowest BCUT2D eigenvalue weighted by atomic mass is 10.1. The van der Waals surface area contributed by atoms with E-state index in [9.17, 15) is 0 Å². The van der Waals surface area contributed by atoms with Gasteiger partial charge in [-0.3, -0.25) is 0 Å². The van der Waals surface area contributed by atoms with E-state index in [-0.39, 0.29) is 6.61 Å². The highest BCUT2D eigenvalue weighted by molar-refractivity contribution is 5.37. The molecule has 2 N–H and O–H groups in total. The minimum Gasteiger partial charge on any atom is -0.396 e. The molecule has 0 aromatic heterocycles. The fraction of sp³-hybridized carbons (Fsp3) is 0.500. The number of rotatable bonds is 7. The predicted octanol–water partition coefficient (Wildman–Crippen LogP) is 2.12. The molecule has 1 aromatic carbocycles. The van der Waals surface area contributed by atoms with Gasteiger partial charge in [0, 0.05) is 13.2 Å². The van der Waals surface area contributed by atoms with Gasteiger partial charge in [0.25, 0.3) is 0 Å². The molecule has 92 valence electrons. The van der Waals surface area contributed by atoms with E-state index in [0.29, 0.717) is 5.56 Å². The van der Waals surface area contributed by atoms with Crippen LogP contribution < -0.4 is 5.32 Å². The Hall–Kier alpha value is -1.37. The highest BCUT2D eigenvalue weighted by Crippen LogP contribution is 2.10. The molecule has 3 heteroatoms. The fourth-order valence-corrected chi connectivity index (χ4v) is 1.73. The van der Waals surface area contributed by atoms with Crippen molar-refractivity contribution < 1.29 is 5.11 Å². The molecule has 3 nitrogen and oxygen atoms in total. The number of hydrogen-bond acceptors (Lipinski definition) is 3. The third kappa shape index (κ3) is 4.99. The Morgan fingerprint density at radius 3 is 2.76 bits per heavy atom. The Morgan fingerprint density at radius 2 is 2.12 bits per heavy atom. The van der Waals surface area contributed by atoms with Gasteiger partial charge in [0.15, 0.2) is 0 Å². The van der Waals surface area contributed by atoms with Crippen molar-refractivity contribution in [2.45, 2.75) is 32.7 Å². The van der Waals surface area contributed by atoms with Gasteiger partial charge < -0.3 is 10.4 Å². The van der Waals surface area contributed by atoms with Crippen molar-refractivity contribution in [1.29, 1.82) is 5.26 Å². The van der Waals surface area contributed by atoms with Crippen molar-refractivity contribution in [1.82, 2.24) is 5.32 Å². The molecular weight excluding hydrogens is 212 g/mol. The van der Waals surface area contributed by atoms with Gasteiger partial charge in [-0.25, -0.2) is 0 Å². The van der Waals surface area contributed by atoms with Crippen LogP contribution in [0.4, 0.5) is 0 Å². The highest BCUT2D eigenvalue weighted by Gasteiger charge is 1.99. The summed E-state index contributed by atoms with van der Waals surface area (Å²) in [5.74, 6) is 0. The average molecular weight is 232 g/mol. The summed E-state index contributed by atoms with van der Waals surface area (Å²) in [6, 6.07) is 7.93. The second kappa shape index (κ2) is 7.83. The number of unbranched alkanes of at least 4 members (excludes halogenated alkanes) is 2. The zero-order valence-corrected chi connectivity index (χ0v) is 10.4. The van der Waals surface area contributed by atoms with Gasteiger partial charge in [0.1, 0.15) is 0 Å². The molecule has 1 aromatic rings.